The fourth-order valence-electron chi connectivity index (χ4n) is 2.17. The molecule has 1 atom stereocenters. The van der Waals surface area contributed by atoms with Gasteiger partial charge in [-0.25, -0.2) is 4.98 Å². The zero-order valence-electron chi connectivity index (χ0n) is 11.0. The average molecular weight is 314 g/mol. The number of likely N-dealkylation sites (tertiary alicyclic amines) is 1. The lowest BCUT2D eigenvalue weighted by atomic mass is 10.3. The van der Waals surface area contributed by atoms with E-state index in [0.717, 1.165) is 17.2 Å². The summed E-state index contributed by atoms with van der Waals surface area (Å²) in [4.78, 5) is 18.3. The number of nitrogens with two attached hydrogens (primary N) is 1. The van der Waals surface area contributed by atoms with E-state index in [1.54, 1.807) is 10.3 Å². The van der Waals surface area contributed by atoms with Crippen molar-refractivity contribution < 1.29 is 9.21 Å². The molecule has 3 rings (SSSR count). The van der Waals surface area contributed by atoms with E-state index in [4.69, 9.17) is 10.2 Å². The number of carbonyl (C=O) groups is 1. The summed E-state index contributed by atoms with van der Waals surface area (Å²) in [7, 11) is 0. The van der Waals surface area contributed by atoms with Gasteiger partial charge in [0.15, 0.2) is 10.8 Å². The third-order valence-electron chi connectivity index (χ3n) is 3.19. The van der Waals surface area contributed by atoms with Crippen LogP contribution in [0.5, 0.6) is 0 Å². The highest BCUT2D eigenvalue weighted by atomic mass is 35.5. The normalized spacial score (nSPS) is 18.1. The summed E-state index contributed by atoms with van der Waals surface area (Å²) in [6, 6.07) is 3.85. The van der Waals surface area contributed by atoms with Gasteiger partial charge in [0.25, 0.3) is 5.91 Å². The number of hydrogen-bond donors (Lipinski definition) is 1. The van der Waals surface area contributed by atoms with Crippen molar-refractivity contribution in [3.63, 3.8) is 0 Å². The topological polar surface area (TPSA) is 72.4 Å². The van der Waals surface area contributed by atoms with Crippen LogP contribution in [0.4, 0.5) is 0 Å². The van der Waals surface area contributed by atoms with E-state index in [0.29, 0.717) is 24.5 Å². The van der Waals surface area contributed by atoms with Crippen molar-refractivity contribution in [1.82, 2.24) is 9.88 Å². The molecule has 0 unspecified atom stereocenters. The van der Waals surface area contributed by atoms with Gasteiger partial charge < -0.3 is 15.1 Å². The molecule has 1 fully saturated rings. The summed E-state index contributed by atoms with van der Waals surface area (Å²) in [5, 5.41) is 2.51. The summed E-state index contributed by atoms with van der Waals surface area (Å²) in [5.41, 5.74) is 6.29. The molecule has 2 N–H and O–H groups in total. The number of halogens is 1. The summed E-state index contributed by atoms with van der Waals surface area (Å²) in [6.07, 6.45) is 0.861. The Hall–Kier alpha value is -1.37. The predicted octanol–water partition coefficient (Wildman–Crippen LogP) is 2.31. The maximum absolute atomic E-state index is 12.2. The second-order valence-corrected chi connectivity index (χ2v) is 5.61. The fourth-order valence-corrected chi connectivity index (χ4v) is 2.92. The second-order valence-electron chi connectivity index (χ2n) is 4.75. The van der Waals surface area contributed by atoms with E-state index in [1.807, 2.05) is 19.1 Å². The van der Waals surface area contributed by atoms with Crippen LogP contribution in [0.15, 0.2) is 21.9 Å². The molecule has 1 aliphatic rings. The first kappa shape index (κ1) is 15.0. The first-order valence-corrected chi connectivity index (χ1v) is 7.08. The van der Waals surface area contributed by atoms with E-state index >= 15 is 0 Å². The van der Waals surface area contributed by atoms with E-state index in [-0.39, 0.29) is 24.4 Å². The van der Waals surface area contributed by atoms with Gasteiger partial charge in [0.1, 0.15) is 11.5 Å². The molecule has 0 spiro atoms. The first-order valence-electron chi connectivity index (χ1n) is 6.20. The van der Waals surface area contributed by atoms with Gasteiger partial charge in [-0.05, 0) is 25.5 Å². The Kier molecular flexibility index (Phi) is 4.47. The van der Waals surface area contributed by atoms with Crippen LogP contribution in [-0.4, -0.2) is 34.9 Å². The largest absolute Gasteiger partial charge is 0.459 e. The molecule has 3 heterocycles. The average Bonchev–Trinajstić information content (AvgIpc) is 3.07. The Balaban J connectivity index is 0.00000147. The van der Waals surface area contributed by atoms with Crippen LogP contribution in [0.2, 0.25) is 0 Å². The zero-order valence-corrected chi connectivity index (χ0v) is 12.7. The first-order chi connectivity index (χ1) is 9.13. The van der Waals surface area contributed by atoms with Crippen LogP contribution in [0.3, 0.4) is 0 Å². The number of aromatic nitrogens is 1. The van der Waals surface area contributed by atoms with Crippen molar-refractivity contribution >= 4 is 29.7 Å². The van der Waals surface area contributed by atoms with Gasteiger partial charge in [-0.15, -0.1) is 23.7 Å². The van der Waals surface area contributed by atoms with Crippen LogP contribution in [0, 0.1) is 6.92 Å². The van der Waals surface area contributed by atoms with Crippen molar-refractivity contribution in [1.29, 1.82) is 0 Å². The van der Waals surface area contributed by atoms with Crippen LogP contribution in [0.25, 0.3) is 10.8 Å². The van der Waals surface area contributed by atoms with Crippen LogP contribution in [-0.2, 0) is 0 Å². The lowest BCUT2D eigenvalue weighted by Gasteiger charge is -2.13. The Morgan fingerprint density at radius 3 is 2.95 bits per heavy atom. The Labute approximate surface area is 127 Å². The van der Waals surface area contributed by atoms with Crippen molar-refractivity contribution in [2.75, 3.05) is 13.1 Å². The smallest absolute Gasteiger partial charge is 0.273 e. The highest BCUT2D eigenvalue weighted by Gasteiger charge is 2.26. The molecule has 0 aliphatic carbocycles. The zero-order chi connectivity index (χ0) is 13.4. The SMILES string of the molecule is Cc1ccc(-c2nc(C(=O)N3CC[C@@H](N)C3)cs2)o1.Cl. The number of nitrogens with zero attached hydrogens (tertiary/aromatic N) is 2. The minimum Gasteiger partial charge on any atom is -0.459 e. The standard InChI is InChI=1S/C13H15N3O2S.ClH/c1-8-2-3-11(18-8)12-15-10(7-19-12)13(17)16-5-4-9(14)6-16;/h2-3,7,9H,4-6,14H2,1H3;1H/t9-;/m1./s1. The van der Waals surface area contributed by atoms with Crippen molar-refractivity contribution in [3.8, 4) is 10.8 Å². The fraction of sp³-hybridized carbons (Fsp3) is 0.385. The molecule has 0 bridgehead atoms. The number of aryl methyl sites for hydroxylation is 1. The molecular formula is C13H16ClN3O2S. The van der Waals surface area contributed by atoms with Crippen LogP contribution >= 0.6 is 23.7 Å². The van der Waals surface area contributed by atoms with E-state index in [1.165, 1.54) is 11.3 Å². The van der Waals surface area contributed by atoms with Gasteiger partial charge >= 0.3 is 0 Å². The van der Waals surface area contributed by atoms with E-state index in [2.05, 4.69) is 4.98 Å². The van der Waals surface area contributed by atoms with Crippen molar-refractivity contribution in [2.24, 2.45) is 5.73 Å². The molecular weight excluding hydrogens is 298 g/mol. The highest BCUT2D eigenvalue weighted by molar-refractivity contribution is 7.13. The monoisotopic (exact) mass is 313 g/mol. The molecule has 1 aliphatic heterocycles. The number of thiazole rings is 1. The third-order valence-corrected chi connectivity index (χ3v) is 4.04. The Morgan fingerprint density at radius 1 is 1.55 bits per heavy atom. The minimum absolute atomic E-state index is 0. The van der Waals surface area contributed by atoms with Crippen molar-refractivity contribution in [3.05, 3.63) is 29.0 Å². The van der Waals surface area contributed by atoms with Gasteiger partial charge in [0.2, 0.25) is 0 Å². The lowest BCUT2D eigenvalue weighted by Crippen LogP contribution is -2.32. The van der Waals surface area contributed by atoms with Gasteiger partial charge in [0, 0.05) is 24.5 Å². The van der Waals surface area contributed by atoms with Crippen LogP contribution in [0.1, 0.15) is 22.7 Å². The van der Waals surface area contributed by atoms with E-state index < -0.39 is 0 Å². The molecule has 2 aromatic rings. The molecule has 108 valence electrons. The van der Waals surface area contributed by atoms with Gasteiger partial charge in [0.05, 0.1) is 0 Å². The molecule has 5 nitrogen and oxygen atoms in total. The van der Waals surface area contributed by atoms with E-state index in [9.17, 15) is 4.79 Å². The summed E-state index contributed by atoms with van der Waals surface area (Å²) < 4.78 is 5.51. The number of furan rings is 1. The summed E-state index contributed by atoms with van der Waals surface area (Å²) in [5.74, 6) is 1.50. The molecule has 7 heteroatoms. The molecule has 1 amide bonds. The number of carbonyl (C=O) groups excluding carboxylic acids is 1. The quantitative estimate of drug-likeness (QED) is 0.923. The van der Waals surface area contributed by atoms with Crippen molar-refractivity contribution in [2.45, 2.75) is 19.4 Å². The molecule has 0 radical (unpaired) electrons. The number of rotatable bonds is 2. The summed E-state index contributed by atoms with van der Waals surface area (Å²) in [6.45, 7) is 3.22. The minimum atomic E-state index is -0.0428. The van der Waals surface area contributed by atoms with Crippen LogP contribution < -0.4 is 5.73 Å². The molecule has 0 aromatic carbocycles. The third kappa shape index (κ3) is 2.87. The molecule has 2 aromatic heterocycles. The maximum Gasteiger partial charge on any atom is 0.273 e. The van der Waals surface area contributed by atoms with Gasteiger partial charge in [-0.3, -0.25) is 4.79 Å². The Morgan fingerprint density at radius 2 is 2.35 bits per heavy atom. The highest BCUT2D eigenvalue weighted by Crippen LogP contribution is 2.26. The van der Waals surface area contributed by atoms with Gasteiger partial charge in [-0.1, -0.05) is 0 Å². The predicted molar refractivity (Wildman–Crippen MR) is 80.3 cm³/mol. The second kappa shape index (κ2) is 5.95. The number of amides is 1. The Bertz CT molecular complexity index is 610. The maximum atomic E-state index is 12.2. The molecule has 1 saturated heterocycles. The molecule has 0 saturated carbocycles. The summed E-state index contributed by atoms with van der Waals surface area (Å²) >= 11 is 1.42. The van der Waals surface area contributed by atoms with Gasteiger partial charge in [-0.2, -0.15) is 0 Å². The lowest BCUT2D eigenvalue weighted by molar-refractivity contribution is 0.0786. The molecule has 20 heavy (non-hydrogen) atoms. The number of hydrogen-bond acceptors (Lipinski definition) is 5.